The molecule has 3 aromatic rings. The molecule has 0 saturated heterocycles. The third-order valence-electron chi connectivity index (χ3n) is 5.26. The molecule has 1 heterocycles. The quantitative estimate of drug-likeness (QED) is 0.216. The number of aromatic nitrogens is 1. The van der Waals surface area contributed by atoms with Gasteiger partial charge in [-0.1, -0.05) is 24.2 Å². The molecule has 1 unspecified atom stereocenters. The number of carboxylic acid groups (broad SMARTS) is 1. The van der Waals surface area contributed by atoms with E-state index in [1.165, 1.54) is 12.1 Å². The predicted octanol–water partition coefficient (Wildman–Crippen LogP) is 5.46. The molecule has 1 N–H and O–H groups in total. The van der Waals surface area contributed by atoms with Gasteiger partial charge >= 0.3 is 5.97 Å². The average molecular weight is 469 g/mol. The molecule has 0 bridgehead atoms. The molecular formula is C26H29FN2O5. The summed E-state index contributed by atoms with van der Waals surface area (Å²) in [5, 5.41) is 13.5. The second kappa shape index (κ2) is 12.0. The maximum absolute atomic E-state index is 13.1. The van der Waals surface area contributed by atoms with E-state index < -0.39 is 11.9 Å². The van der Waals surface area contributed by atoms with E-state index in [1.54, 1.807) is 19.1 Å². The summed E-state index contributed by atoms with van der Waals surface area (Å²) in [4.78, 5) is 21.3. The van der Waals surface area contributed by atoms with Gasteiger partial charge in [-0.2, -0.15) is 0 Å². The van der Waals surface area contributed by atoms with Crippen molar-refractivity contribution in [1.82, 2.24) is 4.98 Å². The van der Waals surface area contributed by atoms with Gasteiger partial charge in [-0.25, -0.2) is 9.37 Å². The molecule has 0 fully saturated rings. The molecule has 0 aliphatic rings. The number of hydrogen-bond acceptors (Lipinski definition) is 6. The molecular weight excluding hydrogens is 439 g/mol. The minimum atomic E-state index is -0.940. The van der Waals surface area contributed by atoms with Crippen LogP contribution in [0, 0.1) is 18.7 Å². The van der Waals surface area contributed by atoms with E-state index in [0.29, 0.717) is 54.7 Å². The average Bonchev–Trinajstić information content (AvgIpc) is 3.19. The molecule has 34 heavy (non-hydrogen) atoms. The summed E-state index contributed by atoms with van der Waals surface area (Å²) < 4.78 is 24.7. The molecule has 0 aliphatic heterocycles. The zero-order valence-corrected chi connectivity index (χ0v) is 19.6. The third-order valence-corrected chi connectivity index (χ3v) is 5.26. The number of rotatable bonds is 12. The molecule has 180 valence electrons. The fourth-order valence-electron chi connectivity index (χ4n) is 3.32. The maximum Gasteiger partial charge on any atom is 0.312 e. The summed E-state index contributed by atoms with van der Waals surface area (Å²) in [6.07, 6.45) is 1.67. The van der Waals surface area contributed by atoms with Crippen molar-refractivity contribution in [2.45, 2.75) is 40.0 Å². The summed E-state index contributed by atoms with van der Waals surface area (Å²) in [6, 6.07) is 13.3. The molecule has 0 amide bonds. The topological polar surface area (TPSA) is 94.2 Å². The van der Waals surface area contributed by atoms with Crippen molar-refractivity contribution in [3.05, 3.63) is 71.4 Å². The SMILES string of the molecule is CCCON=C(C)C(Cc1ccc(OCCc2nc(-c3ccc(F)cc3)oc2C)cc1)C(=O)O. The Balaban J connectivity index is 1.54. The number of aliphatic carboxylic acids is 1. The van der Waals surface area contributed by atoms with Crippen LogP contribution in [0.15, 0.2) is 58.1 Å². The van der Waals surface area contributed by atoms with E-state index >= 15 is 0 Å². The normalized spacial score (nSPS) is 12.4. The number of hydrogen-bond donors (Lipinski definition) is 1. The third kappa shape index (κ3) is 6.91. The standard InChI is InChI=1S/C26H29FN2O5/c1-4-14-33-29-17(2)23(26(30)31)16-19-5-11-22(12-6-19)32-15-13-24-18(3)34-25(28-24)20-7-9-21(27)10-8-20/h5-12,23H,4,13-16H2,1-3H3,(H,30,31). The Morgan fingerprint density at radius 3 is 2.50 bits per heavy atom. The van der Waals surface area contributed by atoms with E-state index in [4.69, 9.17) is 14.0 Å². The molecule has 2 aromatic carbocycles. The second-order valence-corrected chi connectivity index (χ2v) is 7.93. The van der Waals surface area contributed by atoms with Crippen LogP contribution in [0.2, 0.25) is 0 Å². The number of benzene rings is 2. The van der Waals surface area contributed by atoms with Crippen molar-refractivity contribution in [1.29, 1.82) is 0 Å². The van der Waals surface area contributed by atoms with E-state index in [2.05, 4.69) is 10.1 Å². The number of oxazole rings is 1. The summed E-state index contributed by atoms with van der Waals surface area (Å²) in [6.45, 7) is 6.31. The zero-order valence-electron chi connectivity index (χ0n) is 19.6. The highest BCUT2D eigenvalue weighted by Crippen LogP contribution is 2.23. The van der Waals surface area contributed by atoms with Crippen molar-refractivity contribution < 1.29 is 28.3 Å². The minimum Gasteiger partial charge on any atom is -0.493 e. The van der Waals surface area contributed by atoms with Crippen LogP contribution < -0.4 is 4.74 Å². The van der Waals surface area contributed by atoms with Crippen molar-refractivity contribution >= 4 is 11.7 Å². The highest BCUT2D eigenvalue weighted by Gasteiger charge is 2.22. The molecule has 1 atom stereocenters. The Labute approximate surface area is 198 Å². The van der Waals surface area contributed by atoms with Gasteiger partial charge in [0.15, 0.2) is 0 Å². The fourth-order valence-corrected chi connectivity index (χ4v) is 3.32. The molecule has 1 aromatic heterocycles. The Hall–Kier alpha value is -3.68. The van der Waals surface area contributed by atoms with Crippen LogP contribution >= 0.6 is 0 Å². The second-order valence-electron chi connectivity index (χ2n) is 7.93. The molecule has 0 saturated carbocycles. The van der Waals surface area contributed by atoms with E-state index in [1.807, 2.05) is 38.1 Å². The number of oxime groups is 1. The number of ether oxygens (including phenoxy) is 1. The molecule has 0 aliphatic carbocycles. The van der Waals surface area contributed by atoms with Gasteiger partial charge < -0.3 is 19.1 Å². The molecule has 0 spiro atoms. The summed E-state index contributed by atoms with van der Waals surface area (Å²) in [7, 11) is 0. The van der Waals surface area contributed by atoms with E-state index in [-0.39, 0.29) is 5.82 Å². The number of nitrogens with zero attached hydrogens (tertiary/aromatic N) is 2. The number of aryl methyl sites for hydroxylation is 1. The molecule has 8 heteroatoms. The number of carboxylic acids is 1. The smallest absolute Gasteiger partial charge is 0.312 e. The van der Waals surface area contributed by atoms with Gasteiger partial charge in [-0.05, 0) is 68.7 Å². The first-order valence-electron chi connectivity index (χ1n) is 11.2. The lowest BCUT2D eigenvalue weighted by atomic mass is 9.95. The predicted molar refractivity (Wildman–Crippen MR) is 126 cm³/mol. The van der Waals surface area contributed by atoms with Crippen LogP contribution in [0.3, 0.4) is 0 Å². The van der Waals surface area contributed by atoms with E-state index in [0.717, 1.165) is 17.7 Å². The Kier molecular flexibility index (Phi) is 8.79. The van der Waals surface area contributed by atoms with Crippen LogP contribution in [0.4, 0.5) is 4.39 Å². The first-order chi connectivity index (χ1) is 16.4. The Morgan fingerprint density at radius 1 is 1.15 bits per heavy atom. The van der Waals surface area contributed by atoms with Crippen molar-refractivity contribution in [2.75, 3.05) is 13.2 Å². The van der Waals surface area contributed by atoms with Crippen molar-refractivity contribution in [3.63, 3.8) is 0 Å². The van der Waals surface area contributed by atoms with Crippen molar-refractivity contribution in [3.8, 4) is 17.2 Å². The van der Waals surface area contributed by atoms with Gasteiger partial charge in [0.05, 0.1) is 18.0 Å². The summed E-state index contributed by atoms with van der Waals surface area (Å²) in [5.41, 5.74) is 2.79. The number of carbonyl (C=O) groups is 1. The lowest BCUT2D eigenvalue weighted by Crippen LogP contribution is -2.24. The van der Waals surface area contributed by atoms with Crippen LogP contribution in [0.25, 0.3) is 11.5 Å². The van der Waals surface area contributed by atoms with Gasteiger partial charge in [0, 0.05) is 12.0 Å². The number of halogens is 1. The van der Waals surface area contributed by atoms with Crippen LogP contribution in [-0.2, 0) is 22.5 Å². The zero-order chi connectivity index (χ0) is 24.5. The largest absolute Gasteiger partial charge is 0.493 e. The van der Waals surface area contributed by atoms with Crippen LogP contribution in [-0.4, -0.2) is 35.0 Å². The fraction of sp³-hybridized carbons (Fsp3) is 0.346. The summed E-state index contributed by atoms with van der Waals surface area (Å²) >= 11 is 0. The van der Waals surface area contributed by atoms with Crippen molar-refractivity contribution in [2.24, 2.45) is 11.1 Å². The van der Waals surface area contributed by atoms with Gasteiger partial charge in [0.1, 0.15) is 29.9 Å². The first kappa shape index (κ1) is 25.0. The highest BCUT2D eigenvalue weighted by molar-refractivity contribution is 6.00. The Morgan fingerprint density at radius 2 is 1.85 bits per heavy atom. The maximum atomic E-state index is 13.1. The molecule has 7 nitrogen and oxygen atoms in total. The van der Waals surface area contributed by atoms with Gasteiger partial charge in [0.2, 0.25) is 5.89 Å². The van der Waals surface area contributed by atoms with Gasteiger partial charge in [-0.3, -0.25) is 4.79 Å². The minimum absolute atomic E-state index is 0.310. The lowest BCUT2D eigenvalue weighted by Gasteiger charge is -2.13. The summed E-state index contributed by atoms with van der Waals surface area (Å²) in [5.74, 6) is -0.193. The van der Waals surface area contributed by atoms with Gasteiger partial charge in [0.25, 0.3) is 0 Å². The Bertz CT molecular complexity index is 1110. The highest BCUT2D eigenvalue weighted by atomic mass is 19.1. The van der Waals surface area contributed by atoms with Gasteiger partial charge in [-0.15, -0.1) is 0 Å². The van der Waals surface area contributed by atoms with Crippen LogP contribution in [0.1, 0.15) is 37.3 Å². The van der Waals surface area contributed by atoms with Crippen LogP contribution in [0.5, 0.6) is 5.75 Å². The molecule has 0 radical (unpaired) electrons. The molecule has 3 rings (SSSR count). The lowest BCUT2D eigenvalue weighted by molar-refractivity contribution is -0.139. The van der Waals surface area contributed by atoms with E-state index in [9.17, 15) is 14.3 Å². The monoisotopic (exact) mass is 468 g/mol. The first-order valence-corrected chi connectivity index (χ1v) is 11.2.